The summed E-state index contributed by atoms with van der Waals surface area (Å²) < 4.78 is 0. The van der Waals surface area contributed by atoms with E-state index in [0.717, 1.165) is 49.9 Å². The Labute approximate surface area is 182 Å². The van der Waals surface area contributed by atoms with Crippen molar-refractivity contribution in [1.82, 2.24) is 15.5 Å². The van der Waals surface area contributed by atoms with E-state index in [1.807, 2.05) is 31.2 Å². The molecule has 1 unspecified atom stereocenters. The molecule has 0 aliphatic carbocycles. The molecule has 1 aliphatic heterocycles. The molecule has 1 aromatic carbocycles. The monoisotopic (exact) mass is 488 g/mol. The van der Waals surface area contributed by atoms with Crippen molar-refractivity contribution in [2.24, 2.45) is 10.9 Å². The molecule has 0 amide bonds. The van der Waals surface area contributed by atoms with E-state index in [1.54, 1.807) is 0 Å². The van der Waals surface area contributed by atoms with Gasteiger partial charge in [-0.15, -0.1) is 24.0 Å². The maximum atomic E-state index is 10.4. The van der Waals surface area contributed by atoms with Crippen LogP contribution in [0.3, 0.4) is 0 Å². The molecular weight excluding hydrogens is 451 g/mol. The van der Waals surface area contributed by atoms with Crippen LogP contribution >= 0.6 is 24.0 Å². The number of benzene rings is 1. The molecule has 1 atom stereocenters. The van der Waals surface area contributed by atoms with Crippen molar-refractivity contribution < 1.29 is 5.11 Å². The number of rotatable bonds is 7. The summed E-state index contributed by atoms with van der Waals surface area (Å²) in [7, 11) is 0. The standard InChI is InChI=1S/C21H36N4O.HI/c1-5-22-21(23-14-20(26)18-8-6-17(4)7-9-18)24-19-10-12-25(13-11-19)15-16(2)3;/h6-9,16,19-20,26H,5,10-15H2,1-4H3,(H2,22,23,24);1H. The summed E-state index contributed by atoms with van der Waals surface area (Å²) >= 11 is 0. The Bertz CT molecular complexity index is 554. The Balaban J connectivity index is 0.00000364. The summed E-state index contributed by atoms with van der Waals surface area (Å²) in [6.07, 6.45) is 1.70. The topological polar surface area (TPSA) is 59.9 Å². The van der Waals surface area contributed by atoms with Crippen molar-refractivity contribution >= 4 is 29.9 Å². The van der Waals surface area contributed by atoms with Gasteiger partial charge in [0.2, 0.25) is 0 Å². The minimum absolute atomic E-state index is 0. The summed E-state index contributed by atoms with van der Waals surface area (Å²) in [4.78, 5) is 7.15. The van der Waals surface area contributed by atoms with Crippen LogP contribution in [0.2, 0.25) is 0 Å². The molecule has 0 aromatic heterocycles. The van der Waals surface area contributed by atoms with E-state index in [4.69, 9.17) is 0 Å². The average Bonchev–Trinajstić information content (AvgIpc) is 2.61. The van der Waals surface area contributed by atoms with Gasteiger partial charge in [0.1, 0.15) is 0 Å². The molecule has 1 heterocycles. The van der Waals surface area contributed by atoms with Crippen molar-refractivity contribution in [2.75, 3.05) is 32.7 Å². The van der Waals surface area contributed by atoms with Gasteiger partial charge in [0.25, 0.3) is 0 Å². The molecule has 0 spiro atoms. The molecule has 0 bridgehead atoms. The van der Waals surface area contributed by atoms with Crippen molar-refractivity contribution in [3.63, 3.8) is 0 Å². The lowest BCUT2D eigenvalue weighted by molar-refractivity contribution is 0.184. The first kappa shape index (κ1) is 24.2. The van der Waals surface area contributed by atoms with Gasteiger partial charge in [0.15, 0.2) is 5.96 Å². The molecule has 1 aliphatic rings. The maximum absolute atomic E-state index is 10.4. The van der Waals surface area contributed by atoms with Crippen molar-refractivity contribution in [3.8, 4) is 0 Å². The summed E-state index contributed by atoms with van der Waals surface area (Å²) in [5.74, 6) is 1.53. The number of aliphatic imine (C=N–C) groups is 1. The quantitative estimate of drug-likeness (QED) is 0.313. The second-order valence-electron chi connectivity index (χ2n) is 7.76. The normalized spacial score (nSPS) is 17.5. The third-order valence-electron chi connectivity index (χ3n) is 4.78. The molecule has 6 heteroatoms. The largest absolute Gasteiger partial charge is 0.386 e. The van der Waals surface area contributed by atoms with E-state index >= 15 is 0 Å². The van der Waals surface area contributed by atoms with Crippen LogP contribution in [0.25, 0.3) is 0 Å². The van der Waals surface area contributed by atoms with Crippen LogP contribution in [0, 0.1) is 12.8 Å². The van der Waals surface area contributed by atoms with Gasteiger partial charge in [-0.25, -0.2) is 0 Å². The summed E-state index contributed by atoms with van der Waals surface area (Å²) in [5, 5.41) is 17.2. The number of aliphatic hydroxyl groups excluding tert-OH is 1. The first-order valence-corrected chi connectivity index (χ1v) is 9.99. The molecule has 0 radical (unpaired) electrons. The van der Waals surface area contributed by atoms with E-state index < -0.39 is 6.10 Å². The van der Waals surface area contributed by atoms with Crippen LogP contribution in [0.15, 0.2) is 29.3 Å². The van der Waals surface area contributed by atoms with E-state index in [1.165, 1.54) is 12.1 Å². The van der Waals surface area contributed by atoms with Gasteiger partial charge < -0.3 is 20.6 Å². The number of hydrogen-bond donors (Lipinski definition) is 3. The number of likely N-dealkylation sites (tertiary alicyclic amines) is 1. The SMILES string of the molecule is CCNC(=NCC(O)c1ccc(C)cc1)NC1CCN(CC(C)C)CC1.I. The van der Waals surface area contributed by atoms with E-state index in [9.17, 15) is 5.11 Å². The van der Waals surface area contributed by atoms with Crippen molar-refractivity contribution in [3.05, 3.63) is 35.4 Å². The first-order valence-electron chi connectivity index (χ1n) is 9.99. The Morgan fingerprint density at radius 1 is 1.22 bits per heavy atom. The molecule has 27 heavy (non-hydrogen) atoms. The molecule has 5 nitrogen and oxygen atoms in total. The van der Waals surface area contributed by atoms with E-state index in [2.05, 4.69) is 41.3 Å². The number of halogens is 1. The molecule has 0 saturated carbocycles. The van der Waals surface area contributed by atoms with Crippen LogP contribution in [0.1, 0.15) is 50.8 Å². The summed E-state index contributed by atoms with van der Waals surface area (Å²) in [6, 6.07) is 8.45. The minimum Gasteiger partial charge on any atom is -0.386 e. The summed E-state index contributed by atoms with van der Waals surface area (Å²) in [5.41, 5.74) is 2.11. The van der Waals surface area contributed by atoms with Crippen LogP contribution in [0.5, 0.6) is 0 Å². The predicted octanol–water partition coefficient (Wildman–Crippen LogP) is 3.32. The van der Waals surface area contributed by atoms with Crippen molar-refractivity contribution in [2.45, 2.75) is 52.7 Å². The summed E-state index contributed by atoms with van der Waals surface area (Å²) in [6.45, 7) is 13.3. The number of nitrogens with one attached hydrogen (secondary N) is 2. The number of aryl methyl sites for hydroxylation is 1. The van der Waals surface area contributed by atoms with E-state index in [-0.39, 0.29) is 24.0 Å². The predicted molar refractivity (Wildman–Crippen MR) is 125 cm³/mol. The van der Waals surface area contributed by atoms with E-state index in [0.29, 0.717) is 12.6 Å². The zero-order chi connectivity index (χ0) is 18.9. The van der Waals surface area contributed by atoms with Crippen LogP contribution in [0.4, 0.5) is 0 Å². The van der Waals surface area contributed by atoms with Gasteiger partial charge >= 0.3 is 0 Å². The average molecular weight is 488 g/mol. The highest BCUT2D eigenvalue weighted by Gasteiger charge is 2.20. The molecule has 3 N–H and O–H groups in total. The Morgan fingerprint density at radius 2 is 1.85 bits per heavy atom. The molecule has 2 rings (SSSR count). The molecule has 1 saturated heterocycles. The lowest BCUT2D eigenvalue weighted by Crippen LogP contribution is -2.49. The smallest absolute Gasteiger partial charge is 0.191 e. The fraction of sp³-hybridized carbons (Fsp3) is 0.667. The zero-order valence-corrected chi connectivity index (χ0v) is 19.6. The van der Waals surface area contributed by atoms with Gasteiger partial charge in [0, 0.05) is 32.2 Å². The fourth-order valence-corrected chi connectivity index (χ4v) is 3.36. The highest BCUT2D eigenvalue weighted by molar-refractivity contribution is 14.0. The Morgan fingerprint density at radius 3 is 2.41 bits per heavy atom. The number of hydrogen-bond acceptors (Lipinski definition) is 3. The molecular formula is C21H37IN4O. The highest BCUT2D eigenvalue weighted by atomic mass is 127. The molecule has 1 aromatic rings. The fourth-order valence-electron chi connectivity index (χ4n) is 3.36. The van der Waals surface area contributed by atoms with Gasteiger partial charge in [-0.1, -0.05) is 43.7 Å². The second kappa shape index (κ2) is 12.6. The first-order chi connectivity index (χ1) is 12.5. The minimum atomic E-state index is -0.570. The molecule has 154 valence electrons. The van der Waals surface area contributed by atoms with Crippen molar-refractivity contribution in [1.29, 1.82) is 0 Å². The lowest BCUT2D eigenvalue weighted by atomic mass is 10.0. The molecule has 1 fully saturated rings. The highest BCUT2D eigenvalue weighted by Crippen LogP contribution is 2.14. The van der Waals surface area contributed by atoms with Gasteiger partial charge in [-0.2, -0.15) is 0 Å². The number of piperidine rings is 1. The number of aliphatic hydroxyl groups is 1. The van der Waals surface area contributed by atoms with Gasteiger partial charge in [-0.3, -0.25) is 4.99 Å². The number of guanidine groups is 1. The zero-order valence-electron chi connectivity index (χ0n) is 17.2. The third-order valence-corrected chi connectivity index (χ3v) is 4.78. The second-order valence-corrected chi connectivity index (χ2v) is 7.76. The maximum Gasteiger partial charge on any atom is 0.191 e. The van der Waals surface area contributed by atoms with Crippen LogP contribution in [-0.2, 0) is 0 Å². The Hall–Kier alpha value is -0.860. The third kappa shape index (κ3) is 8.79. The van der Waals surface area contributed by atoms with Gasteiger partial charge in [-0.05, 0) is 38.2 Å². The lowest BCUT2D eigenvalue weighted by Gasteiger charge is -2.34. The van der Waals surface area contributed by atoms with Gasteiger partial charge in [0.05, 0.1) is 12.6 Å². The van der Waals surface area contributed by atoms with Crippen LogP contribution < -0.4 is 10.6 Å². The van der Waals surface area contributed by atoms with Crippen LogP contribution in [-0.4, -0.2) is 54.7 Å². The Kier molecular flexibility index (Phi) is 11.3. The number of nitrogens with zero attached hydrogens (tertiary/aromatic N) is 2.